The second kappa shape index (κ2) is 4.69. The van der Waals surface area contributed by atoms with Crippen LogP contribution in [-0.2, 0) is 4.79 Å². The Hall–Kier alpha value is -2.30. The molecule has 86 valence electrons. The van der Waals surface area contributed by atoms with Crippen LogP contribution in [0.25, 0.3) is 11.3 Å². The van der Waals surface area contributed by atoms with Crippen molar-refractivity contribution in [2.24, 2.45) is 0 Å². The molecule has 2 rings (SSSR count). The summed E-state index contributed by atoms with van der Waals surface area (Å²) < 4.78 is 25.8. The van der Waals surface area contributed by atoms with Crippen molar-refractivity contribution in [1.29, 1.82) is 0 Å². The number of hydrogen-bond acceptors (Lipinski definition) is 2. The fraction of sp³-hybridized carbons (Fsp3) is 0. The highest BCUT2D eigenvalue weighted by molar-refractivity contribution is 5.74. The lowest BCUT2D eigenvalue weighted by atomic mass is 10.1. The molecule has 0 saturated heterocycles. The van der Waals surface area contributed by atoms with E-state index in [2.05, 4.69) is 10.3 Å². The number of carbonyl (C=O) groups is 1. The smallest absolute Gasteiger partial charge is 0.211 e. The third kappa shape index (κ3) is 2.44. The lowest BCUT2D eigenvalue weighted by molar-refractivity contribution is -0.105. The minimum Gasteiger partial charge on any atom is -0.329 e. The van der Waals surface area contributed by atoms with Crippen LogP contribution in [-0.4, -0.2) is 11.4 Å². The highest BCUT2D eigenvalue weighted by atomic mass is 19.2. The maximum absolute atomic E-state index is 13.0. The van der Waals surface area contributed by atoms with Gasteiger partial charge in [-0.05, 0) is 30.3 Å². The molecule has 5 heteroatoms. The standard InChI is InChI=1S/C12H8F2N2O/c13-10-2-1-8(5-11(10)14)12-6-9(16-7-17)3-4-15-12/h1-7H,(H,15,16,17). The van der Waals surface area contributed by atoms with E-state index in [1.54, 1.807) is 12.1 Å². The van der Waals surface area contributed by atoms with E-state index in [1.165, 1.54) is 12.3 Å². The number of nitrogens with zero attached hydrogens (tertiary/aromatic N) is 1. The summed E-state index contributed by atoms with van der Waals surface area (Å²) in [6.45, 7) is 0. The molecule has 1 aromatic heterocycles. The molecule has 0 bridgehead atoms. The first-order valence-electron chi connectivity index (χ1n) is 4.82. The number of pyridine rings is 1. The van der Waals surface area contributed by atoms with Gasteiger partial charge in [0.05, 0.1) is 5.69 Å². The van der Waals surface area contributed by atoms with Crippen LogP contribution in [0.5, 0.6) is 0 Å². The quantitative estimate of drug-likeness (QED) is 0.829. The van der Waals surface area contributed by atoms with Gasteiger partial charge >= 0.3 is 0 Å². The summed E-state index contributed by atoms with van der Waals surface area (Å²) in [5, 5.41) is 2.46. The SMILES string of the molecule is O=CNc1ccnc(-c2ccc(F)c(F)c2)c1. The van der Waals surface area contributed by atoms with Crippen LogP contribution >= 0.6 is 0 Å². The zero-order valence-corrected chi connectivity index (χ0v) is 8.65. The molecule has 1 aromatic carbocycles. The number of benzene rings is 1. The van der Waals surface area contributed by atoms with Crippen molar-refractivity contribution in [3.05, 3.63) is 48.2 Å². The molecule has 0 unspecified atom stereocenters. The maximum Gasteiger partial charge on any atom is 0.211 e. The molecular formula is C12H8F2N2O. The van der Waals surface area contributed by atoms with Crippen molar-refractivity contribution in [3.63, 3.8) is 0 Å². The summed E-state index contributed by atoms with van der Waals surface area (Å²) in [5.41, 5.74) is 1.43. The van der Waals surface area contributed by atoms with Gasteiger partial charge in [-0.2, -0.15) is 0 Å². The lowest BCUT2D eigenvalue weighted by Crippen LogP contribution is -1.95. The van der Waals surface area contributed by atoms with Gasteiger partial charge < -0.3 is 5.32 Å². The van der Waals surface area contributed by atoms with Crippen LogP contribution < -0.4 is 5.32 Å². The van der Waals surface area contributed by atoms with Gasteiger partial charge in [-0.1, -0.05) is 0 Å². The molecule has 0 fully saturated rings. The van der Waals surface area contributed by atoms with Gasteiger partial charge in [-0.25, -0.2) is 8.78 Å². The van der Waals surface area contributed by atoms with Crippen molar-refractivity contribution < 1.29 is 13.6 Å². The number of anilines is 1. The van der Waals surface area contributed by atoms with E-state index in [1.807, 2.05) is 0 Å². The fourth-order valence-corrected chi connectivity index (χ4v) is 1.40. The van der Waals surface area contributed by atoms with Crippen LogP contribution in [0.4, 0.5) is 14.5 Å². The van der Waals surface area contributed by atoms with Crippen molar-refractivity contribution in [1.82, 2.24) is 4.98 Å². The second-order valence-electron chi connectivity index (χ2n) is 3.32. The van der Waals surface area contributed by atoms with Crippen molar-refractivity contribution in [2.75, 3.05) is 5.32 Å². The van der Waals surface area contributed by atoms with Crippen molar-refractivity contribution >= 4 is 12.1 Å². The number of rotatable bonds is 3. The summed E-state index contributed by atoms with van der Waals surface area (Å²) in [7, 11) is 0. The van der Waals surface area contributed by atoms with Gasteiger partial charge in [0.15, 0.2) is 11.6 Å². The lowest BCUT2D eigenvalue weighted by Gasteiger charge is -2.04. The Morgan fingerprint density at radius 2 is 1.94 bits per heavy atom. The number of hydrogen-bond donors (Lipinski definition) is 1. The van der Waals surface area contributed by atoms with Gasteiger partial charge in [0.25, 0.3) is 0 Å². The third-order valence-corrected chi connectivity index (χ3v) is 2.20. The van der Waals surface area contributed by atoms with E-state index in [9.17, 15) is 13.6 Å². The first kappa shape index (κ1) is 11.2. The van der Waals surface area contributed by atoms with E-state index in [4.69, 9.17) is 0 Å². The molecule has 0 aliphatic heterocycles. The summed E-state index contributed by atoms with van der Waals surface area (Å²) in [5.74, 6) is -1.84. The summed E-state index contributed by atoms with van der Waals surface area (Å²) in [6, 6.07) is 6.68. The van der Waals surface area contributed by atoms with Crippen LogP contribution in [0.1, 0.15) is 0 Å². The van der Waals surface area contributed by atoms with Crippen LogP contribution in [0, 0.1) is 11.6 Å². The van der Waals surface area contributed by atoms with Gasteiger partial charge in [0, 0.05) is 17.4 Å². The Morgan fingerprint density at radius 1 is 1.12 bits per heavy atom. The normalized spacial score (nSPS) is 10.0. The first-order valence-corrected chi connectivity index (χ1v) is 4.82. The van der Waals surface area contributed by atoms with E-state index >= 15 is 0 Å². The summed E-state index contributed by atoms with van der Waals surface area (Å²) in [4.78, 5) is 14.3. The van der Waals surface area contributed by atoms with Gasteiger partial charge in [0.1, 0.15) is 0 Å². The molecule has 3 nitrogen and oxygen atoms in total. The van der Waals surface area contributed by atoms with E-state index in [-0.39, 0.29) is 0 Å². The molecule has 0 spiro atoms. The number of carbonyl (C=O) groups excluding carboxylic acids is 1. The Balaban J connectivity index is 2.41. The molecule has 0 aliphatic carbocycles. The van der Waals surface area contributed by atoms with Crippen LogP contribution in [0.3, 0.4) is 0 Å². The monoisotopic (exact) mass is 234 g/mol. The molecule has 1 N–H and O–H groups in total. The predicted octanol–water partition coefficient (Wildman–Crippen LogP) is 2.60. The minimum absolute atomic E-state index is 0.443. The molecule has 0 aliphatic rings. The van der Waals surface area contributed by atoms with Crippen LogP contribution in [0.2, 0.25) is 0 Å². The number of nitrogens with one attached hydrogen (secondary N) is 1. The molecule has 0 atom stereocenters. The Morgan fingerprint density at radius 3 is 2.65 bits per heavy atom. The Kier molecular flexibility index (Phi) is 3.09. The third-order valence-electron chi connectivity index (χ3n) is 2.20. The van der Waals surface area contributed by atoms with E-state index < -0.39 is 11.6 Å². The molecular weight excluding hydrogens is 226 g/mol. The molecule has 2 aromatic rings. The highest BCUT2D eigenvalue weighted by Gasteiger charge is 2.05. The Bertz CT molecular complexity index is 558. The predicted molar refractivity (Wildman–Crippen MR) is 59.3 cm³/mol. The largest absolute Gasteiger partial charge is 0.329 e. The maximum atomic E-state index is 13.0. The fourth-order valence-electron chi connectivity index (χ4n) is 1.40. The van der Waals surface area contributed by atoms with E-state index in [0.717, 1.165) is 12.1 Å². The summed E-state index contributed by atoms with van der Waals surface area (Å²) in [6.07, 6.45) is 2.01. The molecule has 0 saturated carbocycles. The minimum atomic E-state index is -0.932. The van der Waals surface area contributed by atoms with Gasteiger partial charge in [0.2, 0.25) is 6.41 Å². The summed E-state index contributed by atoms with van der Waals surface area (Å²) >= 11 is 0. The Labute approximate surface area is 96.1 Å². The topological polar surface area (TPSA) is 42.0 Å². The van der Waals surface area contributed by atoms with Crippen molar-refractivity contribution in [3.8, 4) is 11.3 Å². The number of amides is 1. The highest BCUT2D eigenvalue weighted by Crippen LogP contribution is 2.21. The average molecular weight is 234 g/mol. The molecule has 1 heterocycles. The first-order chi connectivity index (χ1) is 8.20. The molecule has 17 heavy (non-hydrogen) atoms. The second-order valence-corrected chi connectivity index (χ2v) is 3.32. The average Bonchev–Trinajstić information content (AvgIpc) is 2.33. The van der Waals surface area contributed by atoms with Crippen LogP contribution in [0.15, 0.2) is 36.5 Å². The van der Waals surface area contributed by atoms with Gasteiger partial charge in [-0.3, -0.25) is 9.78 Å². The van der Waals surface area contributed by atoms with Gasteiger partial charge in [-0.15, -0.1) is 0 Å². The van der Waals surface area contributed by atoms with Crippen molar-refractivity contribution in [2.45, 2.75) is 0 Å². The number of aromatic nitrogens is 1. The molecule has 1 amide bonds. The zero-order chi connectivity index (χ0) is 12.3. The number of halogens is 2. The van der Waals surface area contributed by atoms with E-state index in [0.29, 0.717) is 23.4 Å². The molecule has 0 radical (unpaired) electrons. The zero-order valence-electron chi connectivity index (χ0n) is 8.65.